The van der Waals surface area contributed by atoms with Crippen LogP contribution in [0.25, 0.3) is 22.2 Å². The van der Waals surface area contributed by atoms with Gasteiger partial charge in [0.15, 0.2) is 18.1 Å². The summed E-state index contributed by atoms with van der Waals surface area (Å²) in [5.74, 6) is -0.0129. The van der Waals surface area contributed by atoms with Crippen molar-refractivity contribution in [3.05, 3.63) is 54.1 Å². The smallest absolute Gasteiger partial charge is 0.339 e. The third kappa shape index (κ3) is 5.19. The highest BCUT2D eigenvalue weighted by Crippen LogP contribution is 2.33. The van der Waals surface area contributed by atoms with Crippen LogP contribution in [-0.4, -0.2) is 43.2 Å². The van der Waals surface area contributed by atoms with Crippen LogP contribution >= 0.6 is 0 Å². The molecule has 35 heavy (non-hydrogen) atoms. The number of pyridine rings is 1. The van der Waals surface area contributed by atoms with Crippen molar-refractivity contribution in [1.29, 1.82) is 5.26 Å². The summed E-state index contributed by atoms with van der Waals surface area (Å²) in [6, 6.07) is 16.5. The molecule has 0 unspecified atom stereocenters. The number of carbonyl (C=O) groups excluding carboxylic acids is 2. The Balaban J connectivity index is 1.58. The van der Waals surface area contributed by atoms with Crippen LogP contribution in [0.15, 0.2) is 48.5 Å². The maximum atomic E-state index is 13.1. The van der Waals surface area contributed by atoms with Crippen molar-refractivity contribution in [3.8, 4) is 28.8 Å². The standard InChI is InChI=1S/C27H27N3O5/c1-33-23-11-10-18(14-24(23)34-2)22-15-20(19-8-4-5-9-21(19)29-22)26(32)35-16-25(31)30-27(17-28)12-6-3-7-13-27/h4-5,8-11,14-15H,3,6-7,12-13,16H2,1-2H3,(H,30,31). The fourth-order valence-corrected chi connectivity index (χ4v) is 4.42. The van der Waals surface area contributed by atoms with E-state index in [0.29, 0.717) is 46.5 Å². The van der Waals surface area contributed by atoms with Gasteiger partial charge in [0.1, 0.15) is 5.54 Å². The molecule has 8 nitrogen and oxygen atoms in total. The average molecular weight is 474 g/mol. The lowest BCUT2D eigenvalue weighted by Gasteiger charge is -2.31. The minimum atomic E-state index is -0.883. The molecule has 1 amide bonds. The van der Waals surface area contributed by atoms with Gasteiger partial charge in [-0.15, -0.1) is 0 Å². The van der Waals surface area contributed by atoms with Crippen molar-refractivity contribution in [2.75, 3.05) is 20.8 Å². The number of aromatic nitrogens is 1. The molecular formula is C27H27N3O5. The van der Waals surface area contributed by atoms with Crippen LogP contribution in [0.1, 0.15) is 42.5 Å². The third-order valence-corrected chi connectivity index (χ3v) is 6.25. The number of nitrogens with one attached hydrogen (secondary N) is 1. The summed E-state index contributed by atoms with van der Waals surface area (Å²) in [5, 5.41) is 13.0. The molecule has 1 saturated carbocycles. The van der Waals surface area contributed by atoms with Crippen molar-refractivity contribution < 1.29 is 23.8 Å². The van der Waals surface area contributed by atoms with Crippen molar-refractivity contribution in [3.63, 3.8) is 0 Å². The second-order valence-electron chi connectivity index (χ2n) is 8.52. The molecule has 1 aliphatic carbocycles. The molecule has 3 aromatic rings. The van der Waals surface area contributed by atoms with Crippen LogP contribution in [0.2, 0.25) is 0 Å². The topological polar surface area (TPSA) is 111 Å². The van der Waals surface area contributed by atoms with Gasteiger partial charge in [-0.2, -0.15) is 5.26 Å². The fourth-order valence-electron chi connectivity index (χ4n) is 4.42. The zero-order chi connectivity index (χ0) is 24.8. The number of rotatable bonds is 7. The van der Waals surface area contributed by atoms with Gasteiger partial charge in [0.25, 0.3) is 5.91 Å². The van der Waals surface area contributed by atoms with E-state index in [2.05, 4.69) is 11.4 Å². The highest BCUT2D eigenvalue weighted by atomic mass is 16.5. The van der Waals surface area contributed by atoms with Gasteiger partial charge in [-0.25, -0.2) is 9.78 Å². The minimum absolute atomic E-state index is 0.292. The summed E-state index contributed by atoms with van der Waals surface area (Å²) in [6.45, 7) is -0.468. The van der Waals surface area contributed by atoms with Gasteiger partial charge < -0.3 is 19.5 Å². The molecule has 4 rings (SSSR count). The van der Waals surface area contributed by atoms with Crippen molar-refractivity contribution in [2.24, 2.45) is 0 Å². The molecule has 2 aromatic carbocycles. The highest BCUT2D eigenvalue weighted by molar-refractivity contribution is 6.05. The summed E-state index contributed by atoms with van der Waals surface area (Å²) in [6.07, 6.45) is 4.02. The Bertz CT molecular complexity index is 1290. The largest absolute Gasteiger partial charge is 0.493 e. The van der Waals surface area contributed by atoms with Gasteiger partial charge >= 0.3 is 5.97 Å². The molecular weight excluding hydrogens is 446 g/mol. The second kappa shape index (κ2) is 10.4. The second-order valence-corrected chi connectivity index (χ2v) is 8.52. The summed E-state index contributed by atoms with van der Waals surface area (Å²) < 4.78 is 16.1. The van der Waals surface area contributed by atoms with Crippen LogP contribution < -0.4 is 14.8 Å². The number of nitrogens with zero attached hydrogens (tertiary/aromatic N) is 2. The Labute approximate surface area is 203 Å². The van der Waals surface area contributed by atoms with E-state index in [-0.39, 0.29) is 0 Å². The number of amides is 1. The predicted molar refractivity (Wildman–Crippen MR) is 130 cm³/mol. The Morgan fingerprint density at radius 1 is 1.03 bits per heavy atom. The highest BCUT2D eigenvalue weighted by Gasteiger charge is 2.33. The van der Waals surface area contributed by atoms with E-state index in [1.54, 1.807) is 38.5 Å². The van der Waals surface area contributed by atoms with Crippen LogP contribution in [0.4, 0.5) is 0 Å². The summed E-state index contributed by atoms with van der Waals surface area (Å²) >= 11 is 0. The SMILES string of the molecule is COc1ccc(-c2cc(C(=O)OCC(=O)NC3(C#N)CCCCC3)c3ccccc3n2)cc1OC. The molecule has 0 aliphatic heterocycles. The van der Waals surface area contributed by atoms with E-state index in [1.165, 1.54) is 0 Å². The number of methoxy groups -OCH3 is 2. The first kappa shape index (κ1) is 24.0. The van der Waals surface area contributed by atoms with Crippen LogP contribution in [-0.2, 0) is 9.53 Å². The molecule has 1 aromatic heterocycles. The van der Waals surface area contributed by atoms with Crippen LogP contribution in [0.3, 0.4) is 0 Å². The Morgan fingerprint density at radius 2 is 1.77 bits per heavy atom. The molecule has 0 radical (unpaired) electrons. The first-order valence-electron chi connectivity index (χ1n) is 11.5. The lowest BCUT2D eigenvalue weighted by molar-refractivity contribution is -0.125. The fraction of sp³-hybridized carbons (Fsp3) is 0.333. The molecule has 0 atom stereocenters. The zero-order valence-electron chi connectivity index (χ0n) is 19.8. The maximum absolute atomic E-state index is 13.1. The molecule has 1 heterocycles. The number of hydrogen-bond acceptors (Lipinski definition) is 7. The predicted octanol–water partition coefficient (Wildman–Crippen LogP) is 4.42. The number of hydrogen-bond donors (Lipinski definition) is 1. The molecule has 180 valence electrons. The monoisotopic (exact) mass is 473 g/mol. The quantitative estimate of drug-likeness (QED) is 0.506. The van der Waals surface area contributed by atoms with Gasteiger partial charge in [-0.3, -0.25) is 4.79 Å². The number of para-hydroxylation sites is 1. The van der Waals surface area contributed by atoms with Gasteiger partial charge in [-0.1, -0.05) is 37.5 Å². The molecule has 0 saturated heterocycles. The van der Waals surface area contributed by atoms with E-state index < -0.39 is 24.0 Å². The zero-order valence-corrected chi connectivity index (χ0v) is 19.8. The van der Waals surface area contributed by atoms with E-state index in [1.807, 2.05) is 24.3 Å². The average Bonchev–Trinajstić information content (AvgIpc) is 2.91. The normalized spacial score (nSPS) is 14.5. The minimum Gasteiger partial charge on any atom is -0.493 e. The molecule has 0 bridgehead atoms. The Kier molecular flexibility index (Phi) is 7.16. The molecule has 1 aliphatic rings. The summed E-state index contributed by atoms with van der Waals surface area (Å²) in [5.41, 5.74) is 1.30. The lowest BCUT2D eigenvalue weighted by atomic mass is 9.83. The molecule has 0 spiro atoms. The number of carbonyl (C=O) groups is 2. The van der Waals surface area contributed by atoms with Crippen molar-refractivity contribution in [1.82, 2.24) is 10.3 Å². The first-order chi connectivity index (χ1) is 17.0. The molecule has 1 fully saturated rings. The number of nitriles is 1. The van der Waals surface area contributed by atoms with Crippen LogP contribution in [0.5, 0.6) is 11.5 Å². The van der Waals surface area contributed by atoms with E-state index in [9.17, 15) is 14.9 Å². The number of esters is 1. The van der Waals surface area contributed by atoms with Crippen LogP contribution in [0, 0.1) is 11.3 Å². The number of fused-ring (bicyclic) bond motifs is 1. The first-order valence-corrected chi connectivity index (χ1v) is 11.5. The number of ether oxygens (including phenoxy) is 3. The Hall–Kier alpha value is -4.12. The summed E-state index contributed by atoms with van der Waals surface area (Å²) in [4.78, 5) is 30.3. The van der Waals surface area contributed by atoms with Crippen molar-refractivity contribution in [2.45, 2.75) is 37.6 Å². The third-order valence-electron chi connectivity index (χ3n) is 6.25. The Morgan fingerprint density at radius 3 is 2.49 bits per heavy atom. The molecule has 8 heteroatoms. The van der Waals surface area contributed by atoms with Crippen molar-refractivity contribution >= 4 is 22.8 Å². The number of benzene rings is 2. The van der Waals surface area contributed by atoms with Gasteiger partial charge in [0.05, 0.1) is 37.1 Å². The maximum Gasteiger partial charge on any atom is 0.339 e. The summed E-state index contributed by atoms with van der Waals surface area (Å²) in [7, 11) is 3.11. The van der Waals surface area contributed by atoms with Gasteiger partial charge in [-0.05, 0) is 43.2 Å². The van der Waals surface area contributed by atoms with E-state index in [4.69, 9.17) is 19.2 Å². The van der Waals surface area contributed by atoms with Gasteiger partial charge in [0, 0.05) is 10.9 Å². The lowest BCUT2D eigenvalue weighted by Crippen LogP contribution is -2.50. The van der Waals surface area contributed by atoms with E-state index >= 15 is 0 Å². The van der Waals surface area contributed by atoms with E-state index in [0.717, 1.165) is 24.8 Å². The van der Waals surface area contributed by atoms with Gasteiger partial charge in [0.2, 0.25) is 0 Å². The molecule has 1 N–H and O–H groups in total.